The van der Waals surface area contributed by atoms with E-state index >= 15 is 0 Å². The van der Waals surface area contributed by atoms with Crippen LogP contribution in [0.1, 0.15) is 41.9 Å². The van der Waals surface area contributed by atoms with E-state index < -0.39 is 0 Å². The molecule has 1 amide bonds. The van der Waals surface area contributed by atoms with Crippen LogP contribution >= 0.6 is 0 Å². The largest absolute Gasteiger partial charge is 0.339 e. The molecular weight excluding hydrogens is 332 g/mol. The third kappa shape index (κ3) is 2.71. The van der Waals surface area contributed by atoms with Crippen molar-refractivity contribution in [3.8, 4) is 0 Å². The van der Waals surface area contributed by atoms with Crippen LogP contribution in [0.4, 0.5) is 0 Å². The zero-order valence-corrected chi connectivity index (χ0v) is 15.0. The fraction of sp³-hybridized carbons (Fsp3) is 0.444. The first kappa shape index (κ1) is 16.6. The van der Waals surface area contributed by atoms with Gasteiger partial charge in [0.25, 0.3) is 5.91 Å². The first-order valence-electron chi connectivity index (χ1n) is 8.94. The number of hydrogen-bond acceptors (Lipinski definition) is 4. The van der Waals surface area contributed by atoms with Gasteiger partial charge in [-0.25, -0.2) is 4.79 Å². The van der Waals surface area contributed by atoms with Crippen LogP contribution in [0.2, 0.25) is 0 Å². The van der Waals surface area contributed by atoms with Crippen LogP contribution in [0.5, 0.6) is 0 Å². The number of nitrogens with zero attached hydrogens (tertiary/aromatic N) is 5. The molecule has 0 bridgehead atoms. The molecule has 1 aliphatic rings. The minimum atomic E-state index is -0.142. The molecule has 8 heteroatoms. The molecule has 26 heavy (non-hydrogen) atoms. The summed E-state index contributed by atoms with van der Waals surface area (Å²) in [5.41, 5.74) is 2.00. The molecule has 0 aliphatic carbocycles. The van der Waals surface area contributed by atoms with Crippen molar-refractivity contribution in [1.29, 1.82) is 0 Å². The molecule has 4 rings (SSSR count). The zero-order chi connectivity index (χ0) is 18.3. The number of likely N-dealkylation sites (tertiary alicyclic amines) is 1. The van der Waals surface area contributed by atoms with Gasteiger partial charge < -0.3 is 14.5 Å². The van der Waals surface area contributed by atoms with Gasteiger partial charge >= 0.3 is 5.69 Å². The average Bonchev–Trinajstić information content (AvgIpc) is 3.22. The van der Waals surface area contributed by atoms with Crippen LogP contribution in [0, 0.1) is 0 Å². The minimum absolute atomic E-state index is 0.00779. The molecule has 1 aliphatic heterocycles. The highest BCUT2D eigenvalue weighted by molar-refractivity contribution is 5.97. The molecule has 3 heterocycles. The Kier molecular flexibility index (Phi) is 4.10. The molecule has 0 saturated carbocycles. The number of H-pyrrole nitrogens is 1. The summed E-state index contributed by atoms with van der Waals surface area (Å²) in [5, 5.41) is 8.14. The molecule has 1 aromatic carbocycles. The Bertz CT molecular complexity index is 1010. The second kappa shape index (κ2) is 6.44. The number of rotatable bonds is 3. The van der Waals surface area contributed by atoms with E-state index in [4.69, 9.17) is 0 Å². The van der Waals surface area contributed by atoms with Crippen LogP contribution in [0.15, 0.2) is 29.3 Å². The number of benzene rings is 1. The van der Waals surface area contributed by atoms with Crippen LogP contribution in [-0.4, -0.2) is 48.2 Å². The molecule has 0 spiro atoms. The van der Waals surface area contributed by atoms with E-state index in [2.05, 4.69) is 15.2 Å². The third-order valence-electron chi connectivity index (χ3n) is 5.23. The Morgan fingerprint density at radius 3 is 2.73 bits per heavy atom. The molecule has 8 nitrogen and oxygen atoms in total. The summed E-state index contributed by atoms with van der Waals surface area (Å²) in [6.07, 6.45) is 3.47. The molecule has 0 unspecified atom stereocenters. The van der Waals surface area contributed by atoms with Gasteiger partial charge in [0.2, 0.25) is 0 Å². The number of aryl methyl sites for hydroxylation is 2. The number of carbonyl (C=O) groups excluding carboxylic acids is 1. The standard InChI is InChI=1S/C18H22N6O2/c1-3-24-15-5-4-13(10-14(15)20-18(24)26)17(25)23-8-6-12(7-9-23)16-21-19-11-22(16)2/h4-5,10-12H,3,6-9H2,1-2H3,(H,20,26). The summed E-state index contributed by atoms with van der Waals surface area (Å²) >= 11 is 0. The maximum atomic E-state index is 12.9. The van der Waals surface area contributed by atoms with Crippen LogP contribution in [0.3, 0.4) is 0 Å². The zero-order valence-electron chi connectivity index (χ0n) is 15.0. The van der Waals surface area contributed by atoms with E-state index in [1.54, 1.807) is 23.0 Å². The minimum Gasteiger partial charge on any atom is -0.339 e. The van der Waals surface area contributed by atoms with Crippen LogP contribution in [0.25, 0.3) is 11.0 Å². The van der Waals surface area contributed by atoms with Gasteiger partial charge in [-0.1, -0.05) is 0 Å². The second-order valence-corrected chi connectivity index (χ2v) is 6.77. The van der Waals surface area contributed by atoms with Crippen molar-refractivity contribution in [3.63, 3.8) is 0 Å². The number of aromatic nitrogens is 5. The number of fused-ring (bicyclic) bond motifs is 1. The topological polar surface area (TPSA) is 88.8 Å². The SMILES string of the molecule is CCn1c(=O)[nH]c2cc(C(=O)N3CCC(c4nncn4C)CC3)ccc21. The quantitative estimate of drug-likeness (QED) is 0.772. The van der Waals surface area contributed by atoms with Crippen molar-refractivity contribution in [2.24, 2.45) is 7.05 Å². The fourth-order valence-electron chi connectivity index (χ4n) is 3.80. The van der Waals surface area contributed by atoms with E-state index in [1.165, 1.54) is 0 Å². The summed E-state index contributed by atoms with van der Waals surface area (Å²) < 4.78 is 3.61. The lowest BCUT2D eigenvalue weighted by atomic mass is 9.95. The molecule has 1 N–H and O–H groups in total. The lowest BCUT2D eigenvalue weighted by Gasteiger charge is -2.31. The van der Waals surface area contributed by atoms with E-state index in [0.717, 1.165) is 24.2 Å². The monoisotopic (exact) mass is 354 g/mol. The summed E-state index contributed by atoms with van der Waals surface area (Å²) in [7, 11) is 1.95. The number of hydrogen-bond donors (Lipinski definition) is 1. The Balaban J connectivity index is 1.51. The first-order valence-corrected chi connectivity index (χ1v) is 8.94. The lowest BCUT2D eigenvalue weighted by molar-refractivity contribution is 0.0710. The third-order valence-corrected chi connectivity index (χ3v) is 5.23. The molecular formula is C18H22N6O2. The van der Waals surface area contributed by atoms with Crippen molar-refractivity contribution >= 4 is 16.9 Å². The molecule has 3 aromatic rings. The van der Waals surface area contributed by atoms with Crippen LogP contribution < -0.4 is 5.69 Å². The lowest BCUT2D eigenvalue weighted by Crippen LogP contribution is -2.38. The van der Waals surface area contributed by atoms with Crippen molar-refractivity contribution in [2.45, 2.75) is 32.2 Å². The van der Waals surface area contributed by atoms with Crippen molar-refractivity contribution in [1.82, 2.24) is 29.2 Å². The van der Waals surface area contributed by atoms with E-state index in [9.17, 15) is 9.59 Å². The van der Waals surface area contributed by atoms with Gasteiger partial charge in [0, 0.05) is 38.2 Å². The average molecular weight is 354 g/mol. The number of piperidine rings is 1. The second-order valence-electron chi connectivity index (χ2n) is 6.77. The van der Waals surface area contributed by atoms with Gasteiger partial charge in [-0.15, -0.1) is 10.2 Å². The maximum absolute atomic E-state index is 12.9. The molecule has 1 fully saturated rings. The molecule has 136 valence electrons. The number of nitrogens with one attached hydrogen (secondary N) is 1. The molecule has 1 saturated heterocycles. The number of imidazole rings is 1. The normalized spacial score (nSPS) is 15.7. The Morgan fingerprint density at radius 2 is 2.08 bits per heavy atom. The Morgan fingerprint density at radius 1 is 1.31 bits per heavy atom. The van der Waals surface area contributed by atoms with Gasteiger partial charge in [-0.3, -0.25) is 9.36 Å². The Labute approximate surface area is 150 Å². The van der Waals surface area contributed by atoms with E-state index in [-0.39, 0.29) is 11.6 Å². The predicted octanol–water partition coefficient (Wildman–Crippen LogP) is 1.50. The summed E-state index contributed by atoms with van der Waals surface area (Å²) in [6.45, 7) is 3.92. The van der Waals surface area contributed by atoms with Gasteiger partial charge in [-0.2, -0.15) is 0 Å². The van der Waals surface area contributed by atoms with E-state index in [0.29, 0.717) is 36.6 Å². The maximum Gasteiger partial charge on any atom is 0.326 e. The number of aromatic amines is 1. The highest BCUT2D eigenvalue weighted by Crippen LogP contribution is 2.27. The van der Waals surface area contributed by atoms with Crippen molar-refractivity contribution in [3.05, 3.63) is 46.4 Å². The fourth-order valence-corrected chi connectivity index (χ4v) is 3.80. The molecule has 0 radical (unpaired) electrons. The highest BCUT2D eigenvalue weighted by Gasteiger charge is 2.27. The summed E-state index contributed by atoms with van der Waals surface area (Å²) in [5.74, 6) is 1.33. The van der Waals surface area contributed by atoms with Gasteiger partial charge in [0.15, 0.2) is 0 Å². The van der Waals surface area contributed by atoms with Crippen molar-refractivity contribution < 1.29 is 4.79 Å². The van der Waals surface area contributed by atoms with Crippen LogP contribution in [-0.2, 0) is 13.6 Å². The molecule has 0 atom stereocenters. The predicted molar refractivity (Wildman–Crippen MR) is 97.1 cm³/mol. The summed E-state index contributed by atoms with van der Waals surface area (Å²) in [6, 6.07) is 5.43. The summed E-state index contributed by atoms with van der Waals surface area (Å²) in [4.78, 5) is 29.5. The first-order chi connectivity index (χ1) is 12.6. The Hall–Kier alpha value is -2.90. The van der Waals surface area contributed by atoms with Gasteiger partial charge in [-0.05, 0) is 38.0 Å². The van der Waals surface area contributed by atoms with Crippen molar-refractivity contribution in [2.75, 3.05) is 13.1 Å². The molecule has 2 aromatic heterocycles. The highest BCUT2D eigenvalue weighted by atomic mass is 16.2. The van der Waals surface area contributed by atoms with Gasteiger partial charge in [0.1, 0.15) is 12.2 Å². The smallest absolute Gasteiger partial charge is 0.326 e. The van der Waals surface area contributed by atoms with E-state index in [1.807, 2.05) is 29.5 Å². The number of carbonyl (C=O) groups is 1. The van der Waals surface area contributed by atoms with Gasteiger partial charge in [0.05, 0.1) is 11.0 Å². The number of amides is 1.